The summed E-state index contributed by atoms with van der Waals surface area (Å²) in [5.74, 6) is -0.768. The Morgan fingerprint density at radius 2 is 2.15 bits per heavy atom. The van der Waals surface area contributed by atoms with E-state index in [-0.39, 0.29) is 12.1 Å². The van der Waals surface area contributed by atoms with E-state index in [1.165, 1.54) is 0 Å². The van der Waals surface area contributed by atoms with Gasteiger partial charge in [-0.25, -0.2) is 4.79 Å². The van der Waals surface area contributed by atoms with Crippen LogP contribution in [0.3, 0.4) is 0 Å². The molecular weight excluding hydrogens is 258 g/mol. The van der Waals surface area contributed by atoms with Gasteiger partial charge in [0.2, 0.25) is 0 Å². The molecule has 0 aromatic rings. The standard InChI is InChI=1S/C14H25N3O3/c1-3-5-14(12(18)19)6-8-17(10-14)13(20)15-11-4-7-16(2)9-11/h11H,3-10H2,1-2H3,(H,15,20)(H,18,19). The Morgan fingerprint density at radius 1 is 1.40 bits per heavy atom. The Morgan fingerprint density at radius 3 is 2.70 bits per heavy atom. The van der Waals surface area contributed by atoms with Gasteiger partial charge in [0, 0.05) is 25.7 Å². The SMILES string of the molecule is CCCC1(C(=O)O)CCN(C(=O)NC2CCN(C)C2)C1. The fraction of sp³-hybridized carbons (Fsp3) is 0.857. The van der Waals surface area contributed by atoms with Crippen molar-refractivity contribution in [1.82, 2.24) is 15.1 Å². The van der Waals surface area contributed by atoms with E-state index in [1.807, 2.05) is 14.0 Å². The highest BCUT2D eigenvalue weighted by molar-refractivity contribution is 5.80. The molecule has 0 aromatic heterocycles. The molecule has 2 heterocycles. The minimum Gasteiger partial charge on any atom is -0.481 e. The third-order valence-electron chi connectivity index (χ3n) is 4.54. The van der Waals surface area contributed by atoms with Crippen LogP contribution in [0, 0.1) is 5.41 Å². The van der Waals surface area contributed by atoms with Crippen molar-refractivity contribution < 1.29 is 14.7 Å². The van der Waals surface area contributed by atoms with Crippen LogP contribution in [-0.2, 0) is 4.79 Å². The van der Waals surface area contributed by atoms with Crippen molar-refractivity contribution in [2.75, 3.05) is 33.2 Å². The van der Waals surface area contributed by atoms with Crippen LogP contribution in [0.15, 0.2) is 0 Å². The molecule has 0 spiro atoms. The van der Waals surface area contributed by atoms with Crippen LogP contribution in [-0.4, -0.2) is 66.2 Å². The summed E-state index contributed by atoms with van der Waals surface area (Å²) >= 11 is 0. The Hall–Kier alpha value is -1.30. The molecule has 20 heavy (non-hydrogen) atoms. The van der Waals surface area contributed by atoms with E-state index in [1.54, 1.807) is 4.90 Å². The largest absolute Gasteiger partial charge is 0.481 e. The molecule has 6 nitrogen and oxygen atoms in total. The number of nitrogens with zero attached hydrogens (tertiary/aromatic N) is 2. The monoisotopic (exact) mass is 283 g/mol. The lowest BCUT2D eigenvalue weighted by Crippen LogP contribution is -2.46. The van der Waals surface area contributed by atoms with E-state index in [9.17, 15) is 14.7 Å². The van der Waals surface area contributed by atoms with E-state index >= 15 is 0 Å². The number of likely N-dealkylation sites (N-methyl/N-ethyl adjacent to an activating group) is 1. The van der Waals surface area contributed by atoms with Crippen LogP contribution >= 0.6 is 0 Å². The van der Waals surface area contributed by atoms with Crippen molar-refractivity contribution in [3.63, 3.8) is 0 Å². The highest BCUT2D eigenvalue weighted by atomic mass is 16.4. The smallest absolute Gasteiger partial charge is 0.317 e. The van der Waals surface area contributed by atoms with Crippen LogP contribution < -0.4 is 5.32 Å². The van der Waals surface area contributed by atoms with Crippen LogP contribution in [0.5, 0.6) is 0 Å². The summed E-state index contributed by atoms with van der Waals surface area (Å²) in [7, 11) is 2.04. The number of carbonyl (C=O) groups is 2. The number of carboxylic acids is 1. The van der Waals surface area contributed by atoms with Crippen molar-refractivity contribution in [3.05, 3.63) is 0 Å². The van der Waals surface area contributed by atoms with Gasteiger partial charge in [0.1, 0.15) is 0 Å². The summed E-state index contributed by atoms with van der Waals surface area (Å²) < 4.78 is 0. The van der Waals surface area contributed by atoms with Crippen molar-refractivity contribution in [2.45, 2.75) is 38.6 Å². The average Bonchev–Trinajstić information content (AvgIpc) is 2.98. The molecule has 2 amide bonds. The molecule has 0 bridgehead atoms. The van der Waals surface area contributed by atoms with Crippen LogP contribution in [0.4, 0.5) is 4.79 Å². The molecule has 114 valence electrons. The van der Waals surface area contributed by atoms with Gasteiger partial charge in [-0.05, 0) is 32.9 Å². The van der Waals surface area contributed by atoms with Crippen LogP contribution in [0.2, 0.25) is 0 Å². The van der Waals surface area contributed by atoms with E-state index in [0.29, 0.717) is 25.9 Å². The lowest BCUT2D eigenvalue weighted by molar-refractivity contribution is -0.148. The molecule has 2 atom stereocenters. The van der Waals surface area contributed by atoms with Gasteiger partial charge in [-0.3, -0.25) is 4.79 Å². The number of hydrogen-bond donors (Lipinski definition) is 2. The molecule has 2 fully saturated rings. The number of hydrogen-bond acceptors (Lipinski definition) is 3. The summed E-state index contributed by atoms with van der Waals surface area (Å²) in [6.45, 7) is 4.74. The number of nitrogens with one attached hydrogen (secondary N) is 1. The topological polar surface area (TPSA) is 72.9 Å². The molecule has 0 saturated carbocycles. The second kappa shape index (κ2) is 5.99. The summed E-state index contributed by atoms with van der Waals surface area (Å²) in [5.41, 5.74) is -0.738. The van der Waals surface area contributed by atoms with Crippen molar-refractivity contribution in [1.29, 1.82) is 0 Å². The predicted octanol–water partition coefficient (Wildman–Crippen LogP) is 0.977. The van der Waals surface area contributed by atoms with E-state index in [4.69, 9.17) is 0 Å². The number of urea groups is 1. The van der Waals surface area contributed by atoms with Gasteiger partial charge < -0.3 is 20.2 Å². The predicted molar refractivity (Wildman–Crippen MR) is 75.6 cm³/mol. The van der Waals surface area contributed by atoms with Crippen LogP contribution in [0.25, 0.3) is 0 Å². The molecule has 2 saturated heterocycles. The number of carbonyl (C=O) groups excluding carboxylic acids is 1. The van der Waals surface area contributed by atoms with Crippen molar-refractivity contribution in [2.24, 2.45) is 5.41 Å². The first-order chi connectivity index (χ1) is 9.47. The third kappa shape index (κ3) is 3.06. The molecule has 0 aliphatic carbocycles. The molecule has 6 heteroatoms. The second-order valence-corrected chi connectivity index (χ2v) is 6.20. The van der Waals surface area contributed by atoms with Gasteiger partial charge in [-0.1, -0.05) is 13.3 Å². The first kappa shape index (κ1) is 15.1. The molecule has 2 unspecified atom stereocenters. The Bertz CT molecular complexity index is 388. The highest BCUT2D eigenvalue weighted by Gasteiger charge is 2.45. The Labute approximate surface area is 120 Å². The number of carboxylic acid groups (broad SMARTS) is 1. The summed E-state index contributed by atoms with van der Waals surface area (Å²) in [6, 6.07) is 0.0861. The number of amides is 2. The van der Waals surface area contributed by atoms with Crippen molar-refractivity contribution in [3.8, 4) is 0 Å². The number of aliphatic carboxylic acids is 1. The van der Waals surface area contributed by atoms with Crippen molar-refractivity contribution >= 4 is 12.0 Å². The fourth-order valence-corrected chi connectivity index (χ4v) is 3.33. The maximum Gasteiger partial charge on any atom is 0.317 e. The average molecular weight is 283 g/mol. The third-order valence-corrected chi connectivity index (χ3v) is 4.54. The zero-order valence-electron chi connectivity index (χ0n) is 12.4. The zero-order chi connectivity index (χ0) is 14.8. The van der Waals surface area contributed by atoms with Crippen LogP contribution in [0.1, 0.15) is 32.6 Å². The molecular formula is C14H25N3O3. The maximum atomic E-state index is 12.2. The molecule has 0 radical (unpaired) electrons. The second-order valence-electron chi connectivity index (χ2n) is 6.20. The Kier molecular flexibility index (Phi) is 4.52. The summed E-state index contributed by atoms with van der Waals surface area (Å²) in [6.07, 6.45) is 3.00. The number of likely N-dealkylation sites (tertiary alicyclic amines) is 2. The zero-order valence-corrected chi connectivity index (χ0v) is 12.4. The maximum absolute atomic E-state index is 12.2. The summed E-state index contributed by atoms with van der Waals surface area (Å²) in [5, 5.41) is 12.5. The highest BCUT2D eigenvalue weighted by Crippen LogP contribution is 2.35. The van der Waals surface area contributed by atoms with Gasteiger partial charge in [0.25, 0.3) is 0 Å². The Balaban J connectivity index is 1.91. The normalized spacial score (nSPS) is 30.7. The van der Waals surface area contributed by atoms with E-state index in [2.05, 4.69) is 10.2 Å². The lowest BCUT2D eigenvalue weighted by atomic mass is 9.83. The summed E-state index contributed by atoms with van der Waals surface area (Å²) in [4.78, 5) is 27.6. The minimum absolute atomic E-state index is 0.107. The van der Waals surface area contributed by atoms with Gasteiger partial charge in [0.05, 0.1) is 5.41 Å². The number of rotatable bonds is 4. The first-order valence-electron chi connectivity index (χ1n) is 7.44. The van der Waals surface area contributed by atoms with Gasteiger partial charge >= 0.3 is 12.0 Å². The molecule has 2 rings (SSSR count). The fourth-order valence-electron chi connectivity index (χ4n) is 3.33. The molecule has 0 aromatic carbocycles. The van der Waals surface area contributed by atoms with E-state index in [0.717, 1.165) is 25.9 Å². The lowest BCUT2D eigenvalue weighted by Gasteiger charge is -2.25. The molecule has 2 N–H and O–H groups in total. The van der Waals surface area contributed by atoms with E-state index < -0.39 is 11.4 Å². The van der Waals surface area contributed by atoms with Gasteiger partial charge in [-0.2, -0.15) is 0 Å². The molecule has 2 aliphatic rings. The first-order valence-corrected chi connectivity index (χ1v) is 7.44. The quantitative estimate of drug-likeness (QED) is 0.806. The molecule has 2 aliphatic heterocycles. The van der Waals surface area contributed by atoms with Gasteiger partial charge in [-0.15, -0.1) is 0 Å². The minimum atomic E-state index is -0.768. The van der Waals surface area contributed by atoms with Gasteiger partial charge in [0.15, 0.2) is 0 Å².